The van der Waals surface area contributed by atoms with Crippen LogP contribution in [0.15, 0.2) is 30.5 Å². The number of benzene rings is 1. The third-order valence-corrected chi connectivity index (χ3v) is 3.92. The van der Waals surface area contributed by atoms with Crippen LogP contribution < -0.4 is 0 Å². The van der Waals surface area contributed by atoms with Gasteiger partial charge in [-0.05, 0) is 37.6 Å². The second-order valence-electron chi connectivity index (χ2n) is 4.61. The number of imidazole rings is 1. The van der Waals surface area contributed by atoms with Crippen molar-refractivity contribution in [3.8, 4) is 5.69 Å². The molecule has 0 aliphatic carbocycles. The van der Waals surface area contributed by atoms with E-state index in [9.17, 15) is 4.39 Å². The summed E-state index contributed by atoms with van der Waals surface area (Å²) in [5.41, 5.74) is 2.45. The first-order valence-electron chi connectivity index (χ1n) is 6.01. The topological polar surface area (TPSA) is 22.2 Å². The van der Waals surface area contributed by atoms with E-state index in [0.717, 1.165) is 11.3 Å². The summed E-state index contributed by atoms with van der Waals surface area (Å²) in [7, 11) is 0. The van der Waals surface area contributed by atoms with Crippen LogP contribution in [0, 0.1) is 24.4 Å². The summed E-state index contributed by atoms with van der Waals surface area (Å²) in [6.07, 6.45) is 1.62. The van der Waals surface area contributed by atoms with Gasteiger partial charge in [-0.1, -0.05) is 23.8 Å². The standard InChI is InChI=1S/C14H11ClFN3S/c1-8-5-10(3-4-11(8)15)19-13(20)6-12(16)18-9(2)7-17-14(18)19/h3-7H,1-2H3. The molecule has 0 aliphatic heterocycles. The molecule has 6 heteroatoms. The van der Waals surface area contributed by atoms with Gasteiger partial charge in [-0.25, -0.2) is 4.98 Å². The quantitative estimate of drug-likeness (QED) is 0.495. The minimum atomic E-state index is -0.415. The number of hydrogen-bond donors (Lipinski definition) is 0. The van der Waals surface area contributed by atoms with E-state index < -0.39 is 5.95 Å². The van der Waals surface area contributed by atoms with Crippen LogP contribution in [0.1, 0.15) is 11.3 Å². The monoisotopic (exact) mass is 307 g/mol. The number of halogens is 2. The third-order valence-electron chi connectivity index (χ3n) is 3.20. The normalized spacial score (nSPS) is 11.2. The molecular formula is C14H11ClFN3S. The van der Waals surface area contributed by atoms with Gasteiger partial charge in [-0.3, -0.25) is 8.97 Å². The van der Waals surface area contributed by atoms with E-state index >= 15 is 0 Å². The van der Waals surface area contributed by atoms with Gasteiger partial charge < -0.3 is 0 Å². The Kier molecular flexibility index (Phi) is 3.11. The second kappa shape index (κ2) is 4.68. The number of hydrogen-bond acceptors (Lipinski definition) is 2. The van der Waals surface area contributed by atoms with Crippen molar-refractivity contribution in [1.29, 1.82) is 0 Å². The molecule has 0 fully saturated rings. The minimum absolute atomic E-state index is 0.363. The first kappa shape index (κ1) is 13.3. The summed E-state index contributed by atoms with van der Waals surface area (Å²) in [6, 6.07) is 6.86. The second-order valence-corrected chi connectivity index (χ2v) is 5.43. The lowest BCUT2D eigenvalue weighted by molar-refractivity contribution is 0.556. The van der Waals surface area contributed by atoms with Gasteiger partial charge in [0.1, 0.15) is 4.64 Å². The van der Waals surface area contributed by atoms with Crippen LogP contribution >= 0.6 is 23.8 Å². The van der Waals surface area contributed by atoms with Crippen molar-refractivity contribution in [1.82, 2.24) is 14.0 Å². The fraction of sp³-hybridized carbons (Fsp3) is 0.143. The summed E-state index contributed by atoms with van der Waals surface area (Å²) >= 11 is 11.3. The van der Waals surface area contributed by atoms with Crippen molar-refractivity contribution in [2.45, 2.75) is 13.8 Å². The fourth-order valence-electron chi connectivity index (χ4n) is 2.19. The molecule has 20 heavy (non-hydrogen) atoms. The molecule has 0 saturated heterocycles. The Morgan fingerprint density at radius 2 is 2.00 bits per heavy atom. The number of rotatable bonds is 1. The molecule has 3 nitrogen and oxygen atoms in total. The molecule has 1 aromatic carbocycles. The van der Waals surface area contributed by atoms with Crippen LogP contribution in [0.3, 0.4) is 0 Å². The molecule has 3 aromatic rings. The van der Waals surface area contributed by atoms with Gasteiger partial charge in [0.2, 0.25) is 11.7 Å². The molecule has 0 spiro atoms. The first-order chi connectivity index (χ1) is 9.49. The van der Waals surface area contributed by atoms with E-state index in [1.165, 1.54) is 10.5 Å². The maximum Gasteiger partial charge on any atom is 0.222 e. The lowest BCUT2D eigenvalue weighted by Crippen LogP contribution is -2.07. The molecule has 0 aliphatic rings. The van der Waals surface area contributed by atoms with Crippen molar-refractivity contribution in [3.05, 3.63) is 57.3 Å². The van der Waals surface area contributed by atoms with Crippen LogP contribution in [-0.4, -0.2) is 14.0 Å². The van der Waals surface area contributed by atoms with E-state index in [1.807, 2.05) is 19.1 Å². The number of nitrogens with zero attached hydrogens (tertiary/aromatic N) is 3. The van der Waals surface area contributed by atoms with Gasteiger partial charge in [0.05, 0.1) is 11.9 Å². The highest BCUT2D eigenvalue weighted by atomic mass is 35.5. The van der Waals surface area contributed by atoms with Gasteiger partial charge in [-0.2, -0.15) is 4.39 Å². The zero-order chi connectivity index (χ0) is 14.4. The van der Waals surface area contributed by atoms with Gasteiger partial charge in [-0.15, -0.1) is 0 Å². The molecular weight excluding hydrogens is 297 g/mol. The maximum atomic E-state index is 14.0. The Morgan fingerprint density at radius 1 is 1.25 bits per heavy atom. The summed E-state index contributed by atoms with van der Waals surface area (Å²) in [6.45, 7) is 3.70. The largest absolute Gasteiger partial charge is 0.270 e. The van der Waals surface area contributed by atoms with E-state index in [4.69, 9.17) is 23.8 Å². The smallest absolute Gasteiger partial charge is 0.222 e. The lowest BCUT2D eigenvalue weighted by atomic mass is 10.2. The summed E-state index contributed by atoms with van der Waals surface area (Å²) in [5.74, 6) is 0.0381. The van der Waals surface area contributed by atoms with Crippen molar-refractivity contribution in [2.24, 2.45) is 0 Å². The van der Waals surface area contributed by atoms with Crippen LogP contribution in [-0.2, 0) is 0 Å². The Hall–Kier alpha value is -1.72. The maximum absolute atomic E-state index is 14.0. The van der Waals surface area contributed by atoms with Crippen LogP contribution in [0.4, 0.5) is 4.39 Å². The van der Waals surface area contributed by atoms with Crippen molar-refractivity contribution in [3.63, 3.8) is 0 Å². The Balaban J connectivity index is 2.41. The highest BCUT2D eigenvalue weighted by molar-refractivity contribution is 7.71. The molecule has 0 bridgehead atoms. The zero-order valence-electron chi connectivity index (χ0n) is 10.9. The van der Waals surface area contributed by atoms with Crippen molar-refractivity contribution >= 4 is 29.6 Å². The summed E-state index contributed by atoms with van der Waals surface area (Å²) < 4.78 is 17.5. The van der Waals surface area contributed by atoms with E-state index in [0.29, 0.717) is 21.1 Å². The predicted molar refractivity (Wildman–Crippen MR) is 79.8 cm³/mol. The predicted octanol–water partition coefficient (Wildman–Crippen LogP) is 4.26. The third kappa shape index (κ3) is 1.94. The lowest BCUT2D eigenvalue weighted by Gasteiger charge is -2.11. The molecule has 2 aromatic heterocycles. The summed E-state index contributed by atoms with van der Waals surface area (Å²) in [5, 5.41) is 0.679. The Labute approximate surface area is 125 Å². The minimum Gasteiger partial charge on any atom is -0.270 e. The van der Waals surface area contributed by atoms with Crippen LogP contribution in [0.25, 0.3) is 11.5 Å². The molecule has 102 valence electrons. The zero-order valence-corrected chi connectivity index (χ0v) is 12.5. The highest BCUT2D eigenvalue weighted by Crippen LogP contribution is 2.22. The first-order valence-corrected chi connectivity index (χ1v) is 6.80. The van der Waals surface area contributed by atoms with Gasteiger partial charge in [0, 0.05) is 16.8 Å². The molecule has 0 amide bonds. The Morgan fingerprint density at radius 3 is 2.70 bits per heavy atom. The van der Waals surface area contributed by atoms with Crippen molar-refractivity contribution in [2.75, 3.05) is 0 Å². The van der Waals surface area contributed by atoms with Crippen LogP contribution in [0.2, 0.25) is 5.02 Å². The SMILES string of the molecule is Cc1cc(-n2c(=S)cc(F)n3c(C)cnc23)ccc1Cl. The van der Waals surface area contributed by atoms with Gasteiger partial charge in [0.15, 0.2) is 0 Å². The number of aromatic nitrogens is 3. The van der Waals surface area contributed by atoms with E-state index in [2.05, 4.69) is 4.98 Å². The average Bonchev–Trinajstić information content (AvgIpc) is 2.76. The molecule has 2 heterocycles. The fourth-order valence-corrected chi connectivity index (χ4v) is 2.59. The van der Waals surface area contributed by atoms with E-state index in [1.54, 1.807) is 23.8 Å². The van der Waals surface area contributed by atoms with Gasteiger partial charge in [0.25, 0.3) is 0 Å². The highest BCUT2D eigenvalue weighted by Gasteiger charge is 2.12. The molecule has 0 unspecified atom stereocenters. The van der Waals surface area contributed by atoms with Crippen molar-refractivity contribution < 1.29 is 4.39 Å². The Bertz CT molecular complexity index is 882. The van der Waals surface area contributed by atoms with Crippen LogP contribution in [0.5, 0.6) is 0 Å². The summed E-state index contributed by atoms with van der Waals surface area (Å²) in [4.78, 5) is 4.25. The number of aryl methyl sites for hydroxylation is 2. The van der Waals surface area contributed by atoms with E-state index in [-0.39, 0.29) is 0 Å². The average molecular weight is 308 g/mol. The van der Waals surface area contributed by atoms with Gasteiger partial charge >= 0.3 is 0 Å². The molecule has 3 rings (SSSR count). The molecule has 0 N–H and O–H groups in total. The molecule has 0 saturated carbocycles. The number of fused-ring (bicyclic) bond motifs is 1. The molecule has 0 radical (unpaired) electrons. The molecule has 0 atom stereocenters.